The Morgan fingerprint density at radius 2 is 2.25 bits per heavy atom. The monoisotopic (exact) mass is 206 g/mol. The zero-order valence-corrected chi connectivity index (χ0v) is 7.63. The summed E-state index contributed by atoms with van der Waals surface area (Å²) >= 11 is 0. The molecule has 0 rings (SSSR count). The van der Waals surface area contributed by atoms with Gasteiger partial charge < -0.3 is 10.3 Å². The molecule has 3 N–H and O–H groups in total. The van der Waals surface area contributed by atoms with E-state index in [1.165, 1.54) is 0 Å². The summed E-state index contributed by atoms with van der Waals surface area (Å²) < 4.78 is 20.1. The second kappa shape index (κ2) is 12.1. The second-order valence-corrected chi connectivity index (χ2v) is 2.88. The molecule has 0 radical (unpaired) electrons. The quantitative estimate of drug-likeness (QED) is 0.257. The van der Waals surface area contributed by atoms with E-state index in [9.17, 15) is 4.57 Å². The van der Waals surface area contributed by atoms with E-state index in [1.54, 1.807) is 0 Å². The fourth-order valence-electron chi connectivity index (χ4n) is 0.384. The molecule has 0 aromatic heterocycles. The summed E-state index contributed by atoms with van der Waals surface area (Å²) in [5.41, 5.74) is 7.57. The molecule has 12 heavy (non-hydrogen) atoms. The van der Waals surface area contributed by atoms with Crippen LogP contribution < -0.4 is 11.2 Å². The number of hydroxylamine groups is 1. The summed E-state index contributed by atoms with van der Waals surface area (Å²) in [6.45, 7) is 3.32. The third-order valence-corrected chi connectivity index (χ3v) is 1.58. The maximum absolute atomic E-state index is 10.7. The van der Waals surface area contributed by atoms with E-state index in [0.29, 0.717) is 19.7 Å². The Labute approximate surface area is 95.6 Å². The molecule has 5 nitrogen and oxygen atoms in total. The van der Waals surface area contributed by atoms with E-state index in [-0.39, 0.29) is 29.6 Å². The summed E-state index contributed by atoms with van der Waals surface area (Å²) in [6, 6.07) is 0. The van der Waals surface area contributed by atoms with Gasteiger partial charge in [-0.1, -0.05) is 6.92 Å². The van der Waals surface area contributed by atoms with Crippen LogP contribution in [0.15, 0.2) is 0 Å². The molecule has 0 saturated carbocycles. The molecule has 0 aliphatic heterocycles. The Morgan fingerprint density at radius 1 is 1.58 bits per heavy atom. The van der Waals surface area contributed by atoms with E-state index >= 15 is 0 Å². The molecule has 7 heteroatoms. The topological polar surface area (TPSA) is 73.6 Å². The Kier molecular flexibility index (Phi) is 15.6. The van der Waals surface area contributed by atoms with Crippen LogP contribution in [0.25, 0.3) is 0 Å². The van der Waals surface area contributed by atoms with Crippen LogP contribution in [-0.2, 0) is 13.7 Å². The van der Waals surface area contributed by atoms with Gasteiger partial charge in [0.25, 0.3) is 0 Å². The van der Waals surface area contributed by atoms with E-state index < -0.39 is 8.25 Å². The molecule has 0 spiro atoms. The molecular formula is C5H16N2NaO3P. The Hall–Kier alpha value is 1.07. The Morgan fingerprint density at radius 3 is 2.75 bits per heavy atom. The van der Waals surface area contributed by atoms with Gasteiger partial charge in [0.15, 0.2) is 0 Å². The Bertz CT molecular complexity index is 117. The van der Waals surface area contributed by atoms with Gasteiger partial charge in [0, 0.05) is 13.1 Å². The molecule has 0 amide bonds. The summed E-state index contributed by atoms with van der Waals surface area (Å²) in [6.07, 6.45) is 0.830. The third kappa shape index (κ3) is 11.1. The normalized spacial score (nSPS) is 12.2. The van der Waals surface area contributed by atoms with Gasteiger partial charge in [-0.15, -0.1) is 0 Å². The van der Waals surface area contributed by atoms with Gasteiger partial charge in [-0.3, -0.25) is 4.57 Å². The number of hydrogen-bond acceptors (Lipinski definition) is 5. The van der Waals surface area contributed by atoms with Crippen molar-refractivity contribution >= 4 is 37.8 Å². The zero-order chi connectivity index (χ0) is 8.53. The van der Waals surface area contributed by atoms with Crippen LogP contribution in [0.1, 0.15) is 13.3 Å². The third-order valence-electron chi connectivity index (χ3n) is 0.826. The minimum atomic E-state index is -2.34. The molecule has 0 saturated heterocycles. The molecule has 0 aromatic rings. The van der Waals surface area contributed by atoms with E-state index in [1.807, 2.05) is 6.92 Å². The van der Waals surface area contributed by atoms with Crippen molar-refractivity contribution in [2.75, 3.05) is 19.7 Å². The minimum absolute atomic E-state index is 0. The predicted octanol–water partition coefficient (Wildman–Crippen LogP) is -0.366. The molecule has 0 aromatic carbocycles. The standard InChI is InChI=1S/C5H15N2O3P.Na.H/c1-2-5-9-11(8)10-7-4-3-6;;/h7,11H,2-6H2,1H3;;. The van der Waals surface area contributed by atoms with Gasteiger partial charge in [-0.25, -0.2) is 4.62 Å². The zero-order valence-electron chi connectivity index (χ0n) is 6.63. The Balaban J connectivity index is 0. The van der Waals surface area contributed by atoms with E-state index in [0.717, 1.165) is 6.42 Å². The van der Waals surface area contributed by atoms with Crippen molar-refractivity contribution in [1.82, 2.24) is 5.48 Å². The molecule has 0 heterocycles. The van der Waals surface area contributed by atoms with Crippen LogP contribution in [0.2, 0.25) is 0 Å². The van der Waals surface area contributed by atoms with Crippen LogP contribution >= 0.6 is 8.25 Å². The van der Waals surface area contributed by atoms with Gasteiger partial charge in [-0.05, 0) is 6.42 Å². The first-order valence-electron chi connectivity index (χ1n) is 3.57. The van der Waals surface area contributed by atoms with Crippen LogP contribution in [0, 0.1) is 0 Å². The fourth-order valence-corrected chi connectivity index (χ4v) is 1.03. The first-order chi connectivity index (χ1) is 5.31. The summed E-state index contributed by atoms with van der Waals surface area (Å²) in [7, 11) is -2.34. The maximum atomic E-state index is 10.7. The van der Waals surface area contributed by atoms with Gasteiger partial charge in [-0.2, -0.15) is 5.48 Å². The average molecular weight is 206 g/mol. The number of hydrogen-bond donors (Lipinski definition) is 2. The van der Waals surface area contributed by atoms with Crippen molar-refractivity contribution < 1.29 is 13.7 Å². The van der Waals surface area contributed by atoms with Gasteiger partial charge in [0.05, 0.1) is 6.61 Å². The molecule has 0 aliphatic rings. The SMILES string of the molecule is CCCO[PH](=O)ONCCN.[NaH]. The summed E-state index contributed by atoms with van der Waals surface area (Å²) in [5.74, 6) is 0. The fraction of sp³-hybridized carbons (Fsp3) is 1.00. The van der Waals surface area contributed by atoms with Crippen molar-refractivity contribution in [2.45, 2.75) is 13.3 Å². The van der Waals surface area contributed by atoms with Crippen molar-refractivity contribution in [2.24, 2.45) is 5.73 Å². The molecule has 1 atom stereocenters. The van der Waals surface area contributed by atoms with Crippen molar-refractivity contribution in [1.29, 1.82) is 0 Å². The first-order valence-corrected chi connectivity index (χ1v) is 4.80. The summed E-state index contributed by atoms with van der Waals surface area (Å²) in [5, 5.41) is 0. The van der Waals surface area contributed by atoms with E-state index in [2.05, 4.69) is 10.1 Å². The van der Waals surface area contributed by atoms with Crippen LogP contribution in [0.5, 0.6) is 0 Å². The van der Waals surface area contributed by atoms with E-state index in [4.69, 9.17) is 10.3 Å². The average Bonchev–Trinajstić information content (AvgIpc) is 2.01. The summed E-state index contributed by atoms with van der Waals surface area (Å²) in [4.78, 5) is 0. The van der Waals surface area contributed by atoms with Crippen molar-refractivity contribution in [3.05, 3.63) is 0 Å². The van der Waals surface area contributed by atoms with Crippen molar-refractivity contribution in [3.8, 4) is 0 Å². The number of nitrogens with one attached hydrogen (secondary N) is 1. The molecule has 1 unspecified atom stereocenters. The molecule has 0 fully saturated rings. The van der Waals surface area contributed by atoms with Gasteiger partial charge in [0.1, 0.15) is 0 Å². The van der Waals surface area contributed by atoms with Gasteiger partial charge >= 0.3 is 37.8 Å². The number of rotatable bonds is 7. The van der Waals surface area contributed by atoms with Crippen molar-refractivity contribution in [3.63, 3.8) is 0 Å². The molecule has 0 bridgehead atoms. The predicted molar refractivity (Wildman–Crippen MR) is 50.5 cm³/mol. The first kappa shape index (κ1) is 15.5. The molecular weight excluding hydrogens is 190 g/mol. The van der Waals surface area contributed by atoms with Crippen LogP contribution in [-0.4, -0.2) is 49.3 Å². The van der Waals surface area contributed by atoms with Crippen LogP contribution in [0.4, 0.5) is 0 Å². The van der Waals surface area contributed by atoms with Gasteiger partial charge in [0.2, 0.25) is 0 Å². The molecule has 0 aliphatic carbocycles. The van der Waals surface area contributed by atoms with Crippen LogP contribution in [0.3, 0.4) is 0 Å². The second-order valence-electron chi connectivity index (χ2n) is 1.88. The number of nitrogens with two attached hydrogens (primary N) is 1. The molecule has 70 valence electrons.